The van der Waals surface area contributed by atoms with Gasteiger partial charge in [0.25, 0.3) is 0 Å². The number of carboxylic acid groups (broad SMARTS) is 4. The summed E-state index contributed by atoms with van der Waals surface area (Å²) in [4.78, 5) is 43.8. The summed E-state index contributed by atoms with van der Waals surface area (Å²) in [6.45, 7) is -0.566. The minimum Gasteiger partial charge on any atom is -0.481 e. The van der Waals surface area contributed by atoms with Crippen LogP contribution in [0.1, 0.15) is 12.8 Å². The lowest BCUT2D eigenvalue weighted by Gasteiger charge is -2.20. The van der Waals surface area contributed by atoms with Crippen molar-refractivity contribution in [1.29, 1.82) is 0 Å². The quantitative estimate of drug-likeness (QED) is 0.340. The van der Waals surface area contributed by atoms with Crippen LogP contribution in [0.15, 0.2) is 0 Å². The van der Waals surface area contributed by atoms with Crippen molar-refractivity contribution in [3.05, 3.63) is 0 Å². The van der Waals surface area contributed by atoms with Gasteiger partial charge in [0.1, 0.15) is 11.6 Å². The summed E-state index contributed by atoms with van der Waals surface area (Å²) < 4.78 is 0. The monoisotopic (exact) mass is 290 g/mol. The van der Waals surface area contributed by atoms with Crippen LogP contribution in [0.3, 0.4) is 0 Å². The van der Waals surface area contributed by atoms with Gasteiger partial charge in [-0.25, -0.2) is 4.79 Å². The molecule has 0 radical (unpaired) electrons. The maximum atomic E-state index is 11.1. The molecule has 1 rings (SSSR count). The molecule has 20 heavy (non-hydrogen) atoms. The topological polar surface area (TPSA) is 174 Å². The summed E-state index contributed by atoms with van der Waals surface area (Å²) >= 11 is 0. The number of hydrogen-bond donors (Lipinski definition) is 5. The molecule has 1 saturated heterocycles. The first kappa shape index (κ1) is 15.7. The molecule has 1 heterocycles. The number of aliphatic carboxylic acids is 3. The van der Waals surface area contributed by atoms with E-state index in [1.165, 1.54) is 0 Å². The summed E-state index contributed by atoms with van der Waals surface area (Å²) in [7, 11) is 0. The average molecular weight is 290 g/mol. The molecule has 0 aliphatic carbocycles. The highest BCUT2D eigenvalue weighted by Gasteiger charge is 2.64. The van der Waals surface area contributed by atoms with Crippen LogP contribution in [0, 0.1) is 0 Å². The number of rotatable bonds is 8. The Kier molecular flexibility index (Phi) is 4.50. The molecule has 1 aliphatic rings. The van der Waals surface area contributed by atoms with Crippen LogP contribution in [-0.2, 0) is 14.4 Å². The van der Waals surface area contributed by atoms with Gasteiger partial charge >= 0.3 is 24.0 Å². The molecule has 0 spiro atoms. The van der Waals surface area contributed by atoms with Gasteiger partial charge in [0.15, 0.2) is 0 Å². The van der Waals surface area contributed by atoms with Crippen LogP contribution >= 0.6 is 0 Å². The smallest absolute Gasteiger partial charge is 0.407 e. The van der Waals surface area contributed by atoms with Gasteiger partial charge in [0.2, 0.25) is 0 Å². The third-order valence-corrected chi connectivity index (χ3v) is 3.08. The average Bonchev–Trinajstić information content (AvgIpc) is 3.04. The van der Waals surface area contributed by atoms with E-state index in [4.69, 9.17) is 20.4 Å². The van der Waals surface area contributed by atoms with Crippen molar-refractivity contribution < 1.29 is 39.6 Å². The zero-order valence-corrected chi connectivity index (χ0v) is 10.3. The van der Waals surface area contributed by atoms with E-state index in [-0.39, 0.29) is 19.5 Å². The minimum absolute atomic E-state index is 0.259. The maximum Gasteiger partial charge on any atom is 0.407 e. The van der Waals surface area contributed by atoms with Crippen molar-refractivity contribution in [2.45, 2.75) is 24.4 Å². The fourth-order valence-electron chi connectivity index (χ4n) is 1.84. The van der Waals surface area contributed by atoms with Crippen molar-refractivity contribution in [3.8, 4) is 0 Å². The van der Waals surface area contributed by atoms with Crippen LogP contribution in [0.25, 0.3) is 0 Å². The van der Waals surface area contributed by atoms with E-state index in [1.807, 2.05) is 0 Å². The van der Waals surface area contributed by atoms with E-state index in [0.29, 0.717) is 0 Å². The van der Waals surface area contributed by atoms with E-state index in [0.717, 1.165) is 4.90 Å². The molecule has 2 atom stereocenters. The Bertz CT molecular complexity index is 451. The van der Waals surface area contributed by atoms with Crippen LogP contribution in [-0.4, -0.2) is 74.0 Å². The Morgan fingerprint density at radius 2 is 1.65 bits per heavy atom. The van der Waals surface area contributed by atoms with Crippen LogP contribution in [0.4, 0.5) is 4.79 Å². The normalized spacial score (nSPS) is 23.9. The van der Waals surface area contributed by atoms with Gasteiger partial charge < -0.3 is 25.3 Å². The SMILES string of the molecule is O=C(O)CCN(CCC1(C(=O)O)NC1C(=O)O)C(=O)O. The van der Waals surface area contributed by atoms with Gasteiger partial charge in [0, 0.05) is 13.1 Å². The number of amides is 1. The summed E-state index contributed by atoms with van der Waals surface area (Å²) in [6.07, 6.45) is -2.06. The third-order valence-electron chi connectivity index (χ3n) is 3.08. The van der Waals surface area contributed by atoms with Crippen LogP contribution in [0.2, 0.25) is 0 Å². The Balaban J connectivity index is 2.62. The van der Waals surface area contributed by atoms with Gasteiger partial charge in [-0.2, -0.15) is 0 Å². The second-order valence-electron chi connectivity index (χ2n) is 4.36. The molecule has 5 N–H and O–H groups in total. The predicted octanol–water partition coefficient (Wildman–Crippen LogP) is -1.29. The van der Waals surface area contributed by atoms with Gasteiger partial charge in [-0.15, -0.1) is 0 Å². The van der Waals surface area contributed by atoms with E-state index in [1.54, 1.807) is 0 Å². The number of carbonyl (C=O) groups is 4. The molecular formula is C10H14N2O8. The molecule has 112 valence electrons. The summed E-state index contributed by atoms with van der Waals surface area (Å²) in [5.74, 6) is -3.90. The van der Waals surface area contributed by atoms with Crippen LogP contribution < -0.4 is 5.32 Å². The molecule has 0 bridgehead atoms. The molecule has 0 aromatic heterocycles. The molecule has 1 fully saturated rings. The number of nitrogens with zero attached hydrogens (tertiary/aromatic N) is 1. The Labute approximate surface area is 112 Å². The van der Waals surface area contributed by atoms with E-state index in [2.05, 4.69) is 5.32 Å². The molecule has 10 nitrogen and oxygen atoms in total. The summed E-state index contributed by atoms with van der Waals surface area (Å²) in [5, 5.41) is 37.4. The summed E-state index contributed by atoms with van der Waals surface area (Å²) in [5.41, 5.74) is -1.69. The number of hydrogen-bond acceptors (Lipinski definition) is 5. The second kappa shape index (κ2) is 5.74. The molecule has 0 aromatic rings. The first-order chi connectivity index (χ1) is 9.20. The highest BCUT2D eigenvalue weighted by molar-refractivity contribution is 5.95. The zero-order valence-electron chi connectivity index (χ0n) is 10.3. The van der Waals surface area contributed by atoms with Crippen LogP contribution in [0.5, 0.6) is 0 Å². The maximum absolute atomic E-state index is 11.1. The van der Waals surface area contributed by atoms with E-state index >= 15 is 0 Å². The Morgan fingerprint density at radius 3 is 2.00 bits per heavy atom. The second-order valence-corrected chi connectivity index (χ2v) is 4.36. The highest BCUT2D eigenvalue weighted by atomic mass is 16.4. The van der Waals surface area contributed by atoms with Crippen molar-refractivity contribution in [3.63, 3.8) is 0 Å². The molecule has 1 aliphatic heterocycles. The van der Waals surface area contributed by atoms with Gasteiger partial charge in [-0.05, 0) is 6.42 Å². The van der Waals surface area contributed by atoms with Crippen molar-refractivity contribution >= 4 is 24.0 Å². The zero-order chi connectivity index (χ0) is 15.5. The first-order valence-electron chi connectivity index (χ1n) is 5.64. The van der Waals surface area contributed by atoms with Gasteiger partial charge in [0.05, 0.1) is 6.42 Å². The van der Waals surface area contributed by atoms with Gasteiger partial charge in [-0.3, -0.25) is 19.7 Å². The van der Waals surface area contributed by atoms with E-state index < -0.39 is 42.0 Å². The van der Waals surface area contributed by atoms with Gasteiger partial charge in [-0.1, -0.05) is 0 Å². The standard InChI is InChI=1S/C10H14N2O8/c13-5(14)1-3-12(9(19)20)4-2-10(8(17)18)6(11-10)7(15)16/h6,11H,1-4H2,(H,13,14)(H,15,16)(H,17,18)(H,19,20). The van der Waals surface area contributed by atoms with E-state index in [9.17, 15) is 19.2 Å². The molecule has 2 unspecified atom stereocenters. The lowest BCUT2D eigenvalue weighted by molar-refractivity contribution is -0.144. The van der Waals surface area contributed by atoms with Crippen molar-refractivity contribution in [1.82, 2.24) is 10.2 Å². The van der Waals surface area contributed by atoms with Crippen molar-refractivity contribution in [2.24, 2.45) is 0 Å². The minimum atomic E-state index is -1.69. The molecule has 0 aromatic carbocycles. The summed E-state index contributed by atoms with van der Waals surface area (Å²) in [6, 6.07) is -1.27. The lowest BCUT2D eigenvalue weighted by Crippen LogP contribution is -2.39. The molecule has 1 amide bonds. The fourth-order valence-corrected chi connectivity index (χ4v) is 1.84. The number of carboxylic acids is 3. The predicted molar refractivity (Wildman–Crippen MR) is 61.4 cm³/mol. The lowest BCUT2D eigenvalue weighted by atomic mass is 10.0. The fraction of sp³-hybridized carbons (Fsp3) is 0.600. The highest BCUT2D eigenvalue weighted by Crippen LogP contribution is 2.31. The molecule has 0 saturated carbocycles. The molecular weight excluding hydrogens is 276 g/mol. The van der Waals surface area contributed by atoms with Crippen molar-refractivity contribution in [2.75, 3.05) is 13.1 Å². The number of nitrogens with one attached hydrogen (secondary N) is 1. The third kappa shape index (κ3) is 3.35. The molecule has 10 heteroatoms. The Morgan fingerprint density at radius 1 is 1.05 bits per heavy atom. The Hall–Kier alpha value is -2.36. The first-order valence-corrected chi connectivity index (χ1v) is 5.64. The largest absolute Gasteiger partial charge is 0.481 e.